The minimum Gasteiger partial charge on any atom is -0.484 e. The third kappa shape index (κ3) is 1.37. The molecule has 1 nitrogen and oxygen atoms in total. The molecule has 1 rings (SSSR count). The first-order valence-corrected chi connectivity index (χ1v) is 1.49. The van der Waals surface area contributed by atoms with Gasteiger partial charge in [-0.2, -0.15) is 18.3 Å². The van der Waals surface area contributed by atoms with Gasteiger partial charge in [-0.3, -0.25) is 0 Å². The van der Waals surface area contributed by atoms with Crippen molar-refractivity contribution in [2.75, 3.05) is 0 Å². The van der Waals surface area contributed by atoms with E-state index in [1.54, 1.807) is 0 Å². The van der Waals surface area contributed by atoms with Crippen LogP contribution in [0.5, 0.6) is 0 Å². The van der Waals surface area contributed by atoms with Gasteiger partial charge < -0.3 is 4.98 Å². The average Bonchev–Trinajstić information content (AvgIpc) is 1.76. The summed E-state index contributed by atoms with van der Waals surface area (Å²) in [7, 11) is 0. The Bertz CT molecular complexity index is 64.0. The smallest absolute Gasteiger partial charge is 0.108 e. The Hall–Kier alpha value is -0.0966. The molecule has 0 unspecified atom stereocenters. The fourth-order valence-electron chi connectivity index (χ4n) is 0.241. The van der Waals surface area contributed by atoms with Crippen LogP contribution in [-0.4, -0.2) is 4.98 Å². The number of rotatable bonds is 0. The monoisotopic (exact) mass is 170 g/mol. The van der Waals surface area contributed by atoms with E-state index in [9.17, 15) is 0 Å². The van der Waals surface area contributed by atoms with Crippen LogP contribution in [0.25, 0.3) is 0 Å². The van der Waals surface area contributed by atoms with Crippen molar-refractivity contribution in [1.82, 2.24) is 4.98 Å². The molecular formula is C4H6NRu-. The Morgan fingerprint density at radius 2 is 2.33 bits per heavy atom. The topological polar surface area (TPSA) is 15.8 Å². The summed E-state index contributed by atoms with van der Waals surface area (Å²) in [5.74, 6) is 0. The normalized spacial score (nSPS) is 6.67. The molecule has 2 heteroatoms. The standard InChI is InChI=1S/C4H4N.Ru.2H/c1-2-4-5-3-1;;;/h1-3,5H;;;/q-1;;;. The van der Waals surface area contributed by atoms with Crippen LogP contribution < -0.4 is 0 Å². The van der Waals surface area contributed by atoms with Crippen LogP contribution in [0.1, 0.15) is 0 Å². The van der Waals surface area contributed by atoms with Crippen molar-refractivity contribution in [2.24, 2.45) is 0 Å². The molecular weight excluding hydrogens is 163 g/mol. The van der Waals surface area contributed by atoms with E-state index in [-0.39, 0.29) is 19.5 Å². The molecule has 0 spiro atoms. The zero-order valence-electron chi connectivity index (χ0n) is 3.14. The first-order chi connectivity index (χ1) is 2.50. The second kappa shape index (κ2) is 3.11. The third-order valence-electron chi connectivity index (χ3n) is 0.442. The average molecular weight is 169 g/mol. The maximum absolute atomic E-state index is 2.74. The van der Waals surface area contributed by atoms with Gasteiger partial charge in [0.05, 0.1) is 0 Å². The Morgan fingerprint density at radius 1 is 1.50 bits per heavy atom. The number of nitrogens with one attached hydrogen (secondary N) is 1. The molecule has 1 aromatic heterocycles. The predicted molar refractivity (Wildman–Crippen MR) is 22.4 cm³/mol. The SMILES string of the molecule is [RuH2].[c-]1ccc[nH]1. The third-order valence-corrected chi connectivity index (χ3v) is 0.442. The van der Waals surface area contributed by atoms with Crippen molar-refractivity contribution in [3.63, 3.8) is 0 Å². The molecule has 0 fully saturated rings. The van der Waals surface area contributed by atoms with E-state index in [0.717, 1.165) is 0 Å². The quantitative estimate of drug-likeness (QED) is 0.424. The van der Waals surface area contributed by atoms with Gasteiger partial charge >= 0.3 is 19.5 Å². The Labute approximate surface area is 49.5 Å². The molecule has 0 aliphatic heterocycles. The van der Waals surface area contributed by atoms with Crippen LogP contribution in [-0.2, 0) is 19.5 Å². The minimum absolute atomic E-state index is 0. The van der Waals surface area contributed by atoms with Gasteiger partial charge in [-0.05, 0) is 0 Å². The van der Waals surface area contributed by atoms with Crippen LogP contribution in [0.4, 0.5) is 0 Å². The molecule has 0 atom stereocenters. The van der Waals surface area contributed by atoms with Gasteiger partial charge in [-0.15, -0.1) is 6.20 Å². The molecule has 0 bridgehead atoms. The first kappa shape index (κ1) is 5.90. The number of H-pyrrole nitrogens is 1. The van der Waals surface area contributed by atoms with Gasteiger partial charge in [0.1, 0.15) is 0 Å². The molecule has 1 aromatic rings. The molecule has 0 saturated carbocycles. The fraction of sp³-hybridized carbons (Fsp3) is 0. The Balaban J connectivity index is 0.000000250. The number of hydrogen-bond donors (Lipinski definition) is 1. The van der Waals surface area contributed by atoms with E-state index in [2.05, 4.69) is 11.2 Å². The van der Waals surface area contributed by atoms with Crippen LogP contribution in [0.15, 0.2) is 18.3 Å². The van der Waals surface area contributed by atoms with Crippen LogP contribution in [0, 0.1) is 6.20 Å². The summed E-state index contributed by atoms with van der Waals surface area (Å²) in [6.07, 6.45) is 4.56. The van der Waals surface area contributed by atoms with E-state index in [4.69, 9.17) is 0 Å². The summed E-state index contributed by atoms with van der Waals surface area (Å²) in [4.78, 5) is 2.74. The summed E-state index contributed by atoms with van der Waals surface area (Å²) >= 11 is 0. The second-order valence-electron chi connectivity index (χ2n) is 0.814. The van der Waals surface area contributed by atoms with Gasteiger partial charge in [0.15, 0.2) is 0 Å². The van der Waals surface area contributed by atoms with Crippen LogP contribution in [0.2, 0.25) is 0 Å². The summed E-state index contributed by atoms with van der Waals surface area (Å²) in [5, 5.41) is 0. The number of aromatic amines is 1. The summed E-state index contributed by atoms with van der Waals surface area (Å²) in [5.41, 5.74) is 0. The van der Waals surface area contributed by atoms with E-state index >= 15 is 0 Å². The molecule has 1 N–H and O–H groups in total. The van der Waals surface area contributed by atoms with Gasteiger partial charge in [0.25, 0.3) is 0 Å². The first-order valence-electron chi connectivity index (χ1n) is 1.49. The second-order valence-corrected chi connectivity index (χ2v) is 0.814. The molecule has 6 heavy (non-hydrogen) atoms. The van der Waals surface area contributed by atoms with E-state index in [0.29, 0.717) is 0 Å². The number of aromatic nitrogens is 1. The van der Waals surface area contributed by atoms with Crippen molar-refractivity contribution < 1.29 is 19.5 Å². The number of hydrogen-bond acceptors (Lipinski definition) is 0. The zero-order valence-corrected chi connectivity index (χ0v) is 5.15. The summed E-state index contributed by atoms with van der Waals surface area (Å²) in [6.45, 7) is 0. The molecule has 0 radical (unpaired) electrons. The Morgan fingerprint density at radius 3 is 2.50 bits per heavy atom. The van der Waals surface area contributed by atoms with Crippen molar-refractivity contribution in [1.29, 1.82) is 0 Å². The van der Waals surface area contributed by atoms with E-state index in [1.165, 1.54) is 0 Å². The maximum Gasteiger partial charge on any atom is -0.108 e. The van der Waals surface area contributed by atoms with E-state index in [1.807, 2.05) is 18.3 Å². The van der Waals surface area contributed by atoms with Crippen molar-refractivity contribution in [3.8, 4) is 0 Å². The molecule has 36 valence electrons. The van der Waals surface area contributed by atoms with Crippen LogP contribution >= 0.6 is 0 Å². The molecule has 1 heterocycles. The molecule has 0 saturated heterocycles. The van der Waals surface area contributed by atoms with Crippen molar-refractivity contribution >= 4 is 0 Å². The van der Waals surface area contributed by atoms with Gasteiger partial charge in [0, 0.05) is 0 Å². The van der Waals surface area contributed by atoms with Crippen molar-refractivity contribution in [3.05, 3.63) is 24.5 Å². The van der Waals surface area contributed by atoms with Gasteiger partial charge in [0.2, 0.25) is 0 Å². The fourth-order valence-corrected chi connectivity index (χ4v) is 0.241. The largest absolute Gasteiger partial charge is 0.484 e. The summed E-state index contributed by atoms with van der Waals surface area (Å²) in [6, 6.07) is 3.71. The van der Waals surface area contributed by atoms with E-state index < -0.39 is 0 Å². The molecule has 0 aliphatic rings. The Kier molecular flexibility index (Phi) is 3.06. The van der Waals surface area contributed by atoms with Crippen molar-refractivity contribution in [2.45, 2.75) is 0 Å². The molecule has 0 aromatic carbocycles. The van der Waals surface area contributed by atoms with Gasteiger partial charge in [-0.1, -0.05) is 0 Å². The predicted octanol–water partition coefficient (Wildman–Crippen LogP) is 0.277. The van der Waals surface area contributed by atoms with Gasteiger partial charge in [-0.25, -0.2) is 0 Å². The zero-order chi connectivity index (χ0) is 3.54. The maximum atomic E-state index is 2.74. The van der Waals surface area contributed by atoms with Crippen LogP contribution in [0.3, 0.4) is 0 Å². The molecule has 0 amide bonds. The molecule has 0 aliphatic carbocycles. The minimum atomic E-state index is 0. The summed E-state index contributed by atoms with van der Waals surface area (Å²) < 4.78 is 0.